The Morgan fingerprint density at radius 1 is 1.00 bits per heavy atom. The lowest BCUT2D eigenvalue weighted by atomic mass is 10.1. The van der Waals surface area contributed by atoms with Crippen LogP contribution < -0.4 is 9.47 Å². The van der Waals surface area contributed by atoms with Crippen LogP contribution in [-0.4, -0.2) is 25.7 Å². The van der Waals surface area contributed by atoms with Crippen LogP contribution in [0, 0.1) is 6.92 Å². The van der Waals surface area contributed by atoms with E-state index in [0.717, 1.165) is 5.56 Å². The van der Waals surface area contributed by atoms with Crippen molar-refractivity contribution in [2.45, 2.75) is 13.8 Å². The van der Waals surface area contributed by atoms with Crippen molar-refractivity contribution in [3.63, 3.8) is 0 Å². The van der Waals surface area contributed by atoms with Crippen LogP contribution >= 0.6 is 0 Å². The van der Waals surface area contributed by atoms with Gasteiger partial charge in [-0.1, -0.05) is 18.2 Å². The second-order valence-corrected chi connectivity index (χ2v) is 4.79. The van der Waals surface area contributed by atoms with Crippen LogP contribution in [-0.2, 0) is 4.74 Å². The van der Waals surface area contributed by atoms with Gasteiger partial charge in [0.15, 0.2) is 11.5 Å². The Kier molecular flexibility index (Phi) is 5.36. The molecule has 0 saturated heterocycles. The van der Waals surface area contributed by atoms with Crippen molar-refractivity contribution in [2.24, 2.45) is 0 Å². The van der Waals surface area contributed by atoms with Crippen LogP contribution in [0.5, 0.6) is 11.5 Å². The third-order valence-electron chi connectivity index (χ3n) is 3.24. The van der Waals surface area contributed by atoms with Crippen molar-refractivity contribution in [3.05, 3.63) is 59.2 Å². The number of esters is 2. The molecule has 5 heteroatoms. The Labute approximate surface area is 134 Å². The molecule has 0 unspecified atom stereocenters. The van der Waals surface area contributed by atoms with E-state index in [1.807, 2.05) is 19.1 Å². The molecule has 0 atom stereocenters. The smallest absolute Gasteiger partial charge is 0.343 e. The van der Waals surface area contributed by atoms with Gasteiger partial charge in [0.25, 0.3) is 0 Å². The minimum Gasteiger partial charge on any atom is -0.493 e. The van der Waals surface area contributed by atoms with Gasteiger partial charge in [0.1, 0.15) is 0 Å². The number of hydrogen-bond acceptors (Lipinski definition) is 5. The lowest BCUT2D eigenvalue weighted by Gasteiger charge is -2.11. The Hall–Kier alpha value is -2.82. The number of carbonyl (C=O) groups is 2. The molecule has 0 saturated carbocycles. The van der Waals surface area contributed by atoms with Gasteiger partial charge in [-0.3, -0.25) is 0 Å². The van der Waals surface area contributed by atoms with E-state index in [9.17, 15) is 9.59 Å². The fourth-order valence-corrected chi connectivity index (χ4v) is 2.05. The third-order valence-corrected chi connectivity index (χ3v) is 3.24. The average molecular weight is 314 g/mol. The van der Waals surface area contributed by atoms with Gasteiger partial charge in [-0.15, -0.1) is 0 Å². The topological polar surface area (TPSA) is 61.8 Å². The van der Waals surface area contributed by atoms with Gasteiger partial charge in [-0.25, -0.2) is 9.59 Å². The summed E-state index contributed by atoms with van der Waals surface area (Å²) in [5, 5.41) is 0. The van der Waals surface area contributed by atoms with Crippen molar-refractivity contribution in [1.29, 1.82) is 0 Å². The van der Waals surface area contributed by atoms with Crippen LogP contribution in [0.1, 0.15) is 33.2 Å². The third kappa shape index (κ3) is 3.88. The monoisotopic (exact) mass is 314 g/mol. The van der Waals surface area contributed by atoms with Crippen LogP contribution in [0.15, 0.2) is 42.5 Å². The Balaban J connectivity index is 2.25. The predicted octanol–water partition coefficient (Wildman–Crippen LogP) is 3.40. The summed E-state index contributed by atoms with van der Waals surface area (Å²) in [5.74, 6) is -0.404. The Bertz CT molecular complexity index is 721. The summed E-state index contributed by atoms with van der Waals surface area (Å²) >= 11 is 0. The number of aryl methyl sites for hydroxylation is 1. The van der Waals surface area contributed by atoms with Crippen LogP contribution in [0.3, 0.4) is 0 Å². The van der Waals surface area contributed by atoms with Crippen molar-refractivity contribution >= 4 is 11.9 Å². The number of methoxy groups -OCH3 is 1. The molecule has 2 rings (SSSR count). The SMILES string of the molecule is CCOC(=O)c1ccc(OC(=O)c2ccccc2C)c(OC)c1. The minimum absolute atomic E-state index is 0.244. The molecule has 0 amide bonds. The van der Waals surface area contributed by atoms with Crippen LogP contribution in [0.25, 0.3) is 0 Å². The van der Waals surface area contributed by atoms with Gasteiger partial charge in [0.2, 0.25) is 0 Å². The van der Waals surface area contributed by atoms with Crippen LogP contribution in [0.4, 0.5) is 0 Å². The van der Waals surface area contributed by atoms with E-state index in [0.29, 0.717) is 11.1 Å². The number of carbonyl (C=O) groups excluding carboxylic acids is 2. The molecule has 0 aromatic heterocycles. The van der Waals surface area contributed by atoms with E-state index in [-0.39, 0.29) is 18.1 Å². The highest BCUT2D eigenvalue weighted by Crippen LogP contribution is 2.29. The summed E-state index contributed by atoms with van der Waals surface area (Å²) in [6.07, 6.45) is 0. The van der Waals surface area contributed by atoms with E-state index in [4.69, 9.17) is 14.2 Å². The second-order valence-electron chi connectivity index (χ2n) is 4.79. The zero-order valence-electron chi connectivity index (χ0n) is 13.3. The molecule has 0 aliphatic carbocycles. The zero-order valence-corrected chi connectivity index (χ0v) is 13.3. The first-order valence-electron chi connectivity index (χ1n) is 7.19. The molecule has 5 nitrogen and oxygen atoms in total. The maximum atomic E-state index is 12.3. The minimum atomic E-state index is -0.481. The van der Waals surface area contributed by atoms with Crippen molar-refractivity contribution in [1.82, 2.24) is 0 Å². The Morgan fingerprint density at radius 3 is 2.39 bits per heavy atom. The Morgan fingerprint density at radius 2 is 1.74 bits per heavy atom. The normalized spacial score (nSPS) is 10.0. The zero-order chi connectivity index (χ0) is 16.8. The van der Waals surface area contributed by atoms with Gasteiger partial charge in [0.05, 0.1) is 24.8 Å². The van der Waals surface area contributed by atoms with Crippen molar-refractivity contribution in [3.8, 4) is 11.5 Å². The van der Waals surface area contributed by atoms with Crippen LogP contribution in [0.2, 0.25) is 0 Å². The maximum absolute atomic E-state index is 12.3. The molecule has 0 heterocycles. The highest BCUT2D eigenvalue weighted by molar-refractivity contribution is 5.93. The summed E-state index contributed by atoms with van der Waals surface area (Å²) in [4.78, 5) is 24.0. The molecule has 0 fully saturated rings. The number of ether oxygens (including phenoxy) is 3. The molecule has 0 aliphatic heterocycles. The summed E-state index contributed by atoms with van der Waals surface area (Å²) in [6.45, 7) is 3.84. The summed E-state index contributed by atoms with van der Waals surface area (Å²) in [7, 11) is 1.44. The van der Waals surface area contributed by atoms with E-state index in [1.165, 1.54) is 25.3 Å². The molecule has 2 aromatic rings. The van der Waals surface area contributed by atoms with Gasteiger partial charge in [-0.2, -0.15) is 0 Å². The lowest BCUT2D eigenvalue weighted by Crippen LogP contribution is -2.11. The fourth-order valence-electron chi connectivity index (χ4n) is 2.05. The molecular formula is C18H18O5. The fraction of sp³-hybridized carbons (Fsp3) is 0.222. The first-order valence-corrected chi connectivity index (χ1v) is 7.19. The van der Waals surface area contributed by atoms with E-state index >= 15 is 0 Å². The highest BCUT2D eigenvalue weighted by atomic mass is 16.6. The van der Waals surface area contributed by atoms with E-state index < -0.39 is 11.9 Å². The maximum Gasteiger partial charge on any atom is 0.343 e. The number of rotatable bonds is 5. The largest absolute Gasteiger partial charge is 0.493 e. The molecule has 0 N–H and O–H groups in total. The summed E-state index contributed by atoms with van der Waals surface area (Å²) in [5.41, 5.74) is 1.63. The molecule has 0 spiro atoms. The molecular weight excluding hydrogens is 296 g/mol. The summed E-state index contributed by atoms with van der Waals surface area (Å²) in [6, 6.07) is 11.7. The quantitative estimate of drug-likeness (QED) is 0.625. The summed E-state index contributed by atoms with van der Waals surface area (Å²) < 4.78 is 15.5. The molecule has 23 heavy (non-hydrogen) atoms. The van der Waals surface area contributed by atoms with Gasteiger partial charge >= 0.3 is 11.9 Å². The first kappa shape index (κ1) is 16.5. The first-order chi connectivity index (χ1) is 11.1. The highest BCUT2D eigenvalue weighted by Gasteiger charge is 2.16. The number of benzene rings is 2. The molecule has 0 radical (unpaired) electrons. The van der Waals surface area contributed by atoms with Crippen molar-refractivity contribution < 1.29 is 23.8 Å². The van der Waals surface area contributed by atoms with E-state index in [1.54, 1.807) is 19.1 Å². The lowest BCUT2D eigenvalue weighted by molar-refractivity contribution is 0.0526. The van der Waals surface area contributed by atoms with Gasteiger partial charge < -0.3 is 14.2 Å². The molecule has 2 aromatic carbocycles. The van der Waals surface area contributed by atoms with Crippen molar-refractivity contribution in [2.75, 3.05) is 13.7 Å². The predicted molar refractivity (Wildman–Crippen MR) is 85.1 cm³/mol. The standard InChI is InChI=1S/C18H18O5/c1-4-22-17(19)13-9-10-15(16(11-13)21-3)23-18(20)14-8-6-5-7-12(14)2/h5-11H,4H2,1-3H3. The average Bonchev–Trinajstić information content (AvgIpc) is 2.55. The van der Waals surface area contributed by atoms with Gasteiger partial charge in [0, 0.05) is 0 Å². The number of hydrogen-bond donors (Lipinski definition) is 0. The molecule has 0 aliphatic rings. The second kappa shape index (κ2) is 7.45. The van der Waals surface area contributed by atoms with E-state index in [2.05, 4.69) is 0 Å². The molecule has 120 valence electrons. The van der Waals surface area contributed by atoms with Gasteiger partial charge in [-0.05, 0) is 43.7 Å². The molecule has 0 bridgehead atoms.